The summed E-state index contributed by atoms with van der Waals surface area (Å²) in [7, 11) is 0. The Balaban J connectivity index is 1.59. The van der Waals surface area contributed by atoms with E-state index in [9.17, 15) is 4.79 Å². The number of hydrogen-bond donors (Lipinski definition) is 0. The van der Waals surface area contributed by atoms with Gasteiger partial charge in [-0.05, 0) is 30.0 Å². The molecule has 3 rings (SSSR count). The van der Waals surface area contributed by atoms with Gasteiger partial charge in [0.1, 0.15) is 5.75 Å². The lowest BCUT2D eigenvalue weighted by Crippen LogP contribution is -2.11. The first-order valence-corrected chi connectivity index (χ1v) is 8.57. The normalized spacial score (nSPS) is 11.9. The second-order valence-corrected chi connectivity index (χ2v) is 5.91. The zero-order valence-corrected chi connectivity index (χ0v) is 14.8. The zero-order chi connectivity index (χ0) is 18.4. The van der Waals surface area contributed by atoms with Crippen molar-refractivity contribution in [2.45, 2.75) is 39.0 Å². The van der Waals surface area contributed by atoms with E-state index in [4.69, 9.17) is 9.26 Å². The van der Waals surface area contributed by atoms with Crippen LogP contribution in [0.1, 0.15) is 44.1 Å². The van der Waals surface area contributed by atoms with E-state index in [2.05, 4.69) is 34.0 Å². The molecule has 0 spiro atoms. The summed E-state index contributed by atoms with van der Waals surface area (Å²) in [5.41, 5.74) is 1.03. The maximum absolute atomic E-state index is 12.2. The molecule has 0 radical (unpaired) electrons. The van der Waals surface area contributed by atoms with Crippen molar-refractivity contribution < 1.29 is 14.1 Å². The van der Waals surface area contributed by atoms with Gasteiger partial charge in [0.15, 0.2) is 0 Å². The minimum Gasteiger partial charge on any atom is -0.426 e. The summed E-state index contributed by atoms with van der Waals surface area (Å²) in [6.07, 6.45) is 4.62. The first-order valence-electron chi connectivity index (χ1n) is 8.57. The van der Waals surface area contributed by atoms with Gasteiger partial charge in [0.25, 0.3) is 0 Å². The van der Waals surface area contributed by atoms with E-state index < -0.39 is 0 Å². The van der Waals surface area contributed by atoms with Gasteiger partial charge in [-0.25, -0.2) is 9.97 Å². The molecule has 0 fully saturated rings. The van der Waals surface area contributed by atoms with E-state index >= 15 is 0 Å². The third-order valence-corrected chi connectivity index (χ3v) is 4.06. The monoisotopic (exact) mass is 352 g/mol. The molecule has 0 aliphatic rings. The van der Waals surface area contributed by atoms with Crippen LogP contribution in [0.5, 0.6) is 5.75 Å². The lowest BCUT2D eigenvalue weighted by molar-refractivity contribution is -0.134. The van der Waals surface area contributed by atoms with Crippen LogP contribution in [0.15, 0.2) is 47.2 Å². The van der Waals surface area contributed by atoms with Gasteiger partial charge in [0.2, 0.25) is 17.5 Å². The van der Waals surface area contributed by atoms with Crippen molar-refractivity contribution in [2.24, 2.45) is 0 Å². The third kappa shape index (κ3) is 4.30. The van der Waals surface area contributed by atoms with Crippen molar-refractivity contribution >= 4 is 5.97 Å². The molecule has 0 bridgehead atoms. The maximum atomic E-state index is 12.2. The van der Waals surface area contributed by atoms with Gasteiger partial charge in [-0.15, -0.1) is 0 Å². The van der Waals surface area contributed by atoms with Crippen LogP contribution in [-0.2, 0) is 11.2 Å². The van der Waals surface area contributed by atoms with Crippen LogP contribution >= 0.6 is 0 Å². The van der Waals surface area contributed by atoms with Gasteiger partial charge in [0, 0.05) is 18.8 Å². The predicted octanol–water partition coefficient (Wildman–Crippen LogP) is 3.58. The molecular weight excluding hydrogens is 332 g/mol. The molecule has 3 aromatic rings. The summed E-state index contributed by atoms with van der Waals surface area (Å²) >= 11 is 0. The van der Waals surface area contributed by atoms with Crippen LogP contribution in [-0.4, -0.2) is 26.1 Å². The summed E-state index contributed by atoms with van der Waals surface area (Å²) in [5, 5.41) is 3.83. The van der Waals surface area contributed by atoms with Crippen LogP contribution in [0.2, 0.25) is 0 Å². The largest absolute Gasteiger partial charge is 0.426 e. The molecule has 26 heavy (non-hydrogen) atoms. The van der Waals surface area contributed by atoms with E-state index in [1.54, 1.807) is 18.5 Å². The highest BCUT2D eigenvalue weighted by Gasteiger charge is 2.15. The van der Waals surface area contributed by atoms with E-state index in [1.807, 2.05) is 24.3 Å². The fourth-order valence-corrected chi connectivity index (χ4v) is 2.44. The van der Waals surface area contributed by atoms with Crippen molar-refractivity contribution in [1.29, 1.82) is 0 Å². The molecular formula is C19H20N4O3. The number of benzene rings is 1. The average Bonchev–Trinajstić information content (AvgIpc) is 3.16. The summed E-state index contributed by atoms with van der Waals surface area (Å²) in [6, 6.07) is 9.32. The molecule has 0 amide bonds. The Morgan fingerprint density at radius 3 is 2.69 bits per heavy atom. The average molecular weight is 352 g/mol. The molecule has 1 unspecified atom stereocenters. The molecule has 0 saturated carbocycles. The fourth-order valence-electron chi connectivity index (χ4n) is 2.44. The third-order valence-electron chi connectivity index (χ3n) is 4.06. The highest BCUT2D eigenvalue weighted by Crippen LogP contribution is 2.28. The Morgan fingerprint density at radius 2 is 1.92 bits per heavy atom. The molecule has 7 nitrogen and oxygen atoms in total. The van der Waals surface area contributed by atoms with Gasteiger partial charge < -0.3 is 9.26 Å². The van der Waals surface area contributed by atoms with Crippen LogP contribution < -0.4 is 4.74 Å². The minimum atomic E-state index is -0.337. The molecule has 1 atom stereocenters. The Bertz CT molecular complexity index is 864. The van der Waals surface area contributed by atoms with Crippen molar-refractivity contribution in [1.82, 2.24) is 20.1 Å². The van der Waals surface area contributed by atoms with Crippen LogP contribution in [0, 0.1) is 0 Å². The number of aryl methyl sites for hydroxylation is 1. The van der Waals surface area contributed by atoms with Crippen molar-refractivity contribution in [3.05, 3.63) is 54.2 Å². The first-order chi connectivity index (χ1) is 12.7. The minimum absolute atomic E-state index is 0.145. The summed E-state index contributed by atoms with van der Waals surface area (Å²) in [6.45, 7) is 4.21. The van der Waals surface area contributed by atoms with Crippen LogP contribution in [0.3, 0.4) is 0 Å². The molecule has 0 saturated heterocycles. The number of carbonyl (C=O) groups excluding carboxylic acids is 1. The van der Waals surface area contributed by atoms with Gasteiger partial charge in [-0.1, -0.05) is 37.2 Å². The molecule has 0 N–H and O–H groups in total. The number of esters is 1. The summed E-state index contributed by atoms with van der Waals surface area (Å²) in [5.74, 6) is 1.62. The predicted molar refractivity (Wildman–Crippen MR) is 94.4 cm³/mol. The first kappa shape index (κ1) is 17.7. The number of para-hydroxylation sites is 1. The number of ether oxygens (including phenoxy) is 1. The van der Waals surface area contributed by atoms with E-state index in [0.29, 0.717) is 35.6 Å². The van der Waals surface area contributed by atoms with Gasteiger partial charge in [-0.3, -0.25) is 4.79 Å². The SMILES string of the molecule is CCC(C)c1ccccc1OC(=O)CCc1nc(-c2ncccn2)no1. The Labute approximate surface area is 151 Å². The highest BCUT2D eigenvalue weighted by atomic mass is 16.5. The quantitative estimate of drug-likeness (QED) is 0.474. The number of carbonyl (C=O) groups is 1. The van der Waals surface area contributed by atoms with Crippen LogP contribution in [0.4, 0.5) is 0 Å². The van der Waals surface area contributed by atoms with Crippen molar-refractivity contribution in [2.75, 3.05) is 0 Å². The number of aromatic nitrogens is 4. The number of nitrogens with zero attached hydrogens (tertiary/aromatic N) is 4. The summed E-state index contributed by atoms with van der Waals surface area (Å²) in [4.78, 5) is 24.5. The Hall–Kier alpha value is -3.09. The Morgan fingerprint density at radius 1 is 1.15 bits per heavy atom. The second-order valence-electron chi connectivity index (χ2n) is 5.91. The van der Waals surface area contributed by atoms with E-state index in [1.165, 1.54) is 0 Å². The maximum Gasteiger partial charge on any atom is 0.311 e. The molecule has 0 aliphatic carbocycles. The second kappa shape index (κ2) is 8.33. The zero-order valence-electron chi connectivity index (χ0n) is 14.8. The van der Waals surface area contributed by atoms with Gasteiger partial charge in [0.05, 0.1) is 6.42 Å². The molecule has 134 valence electrons. The van der Waals surface area contributed by atoms with Crippen molar-refractivity contribution in [3.8, 4) is 17.4 Å². The van der Waals surface area contributed by atoms with Crippen molar-refractivity contribution in [3.63, 3.8) is 0 Å². The molecule has 2 aromatic heterocycles. The van der Waals surface area contributed by atoms with Gasteiger partial charge >= 0.3 is 5.97 Å². The molecule has 1 aromatic carbocycles. The molecule has 2 heterocycles. The lowest BCUT2D eigenvalue weighted by Gasteiger charge is -2.14. The van der Waals surface area contributed by atoms with Gasteiger partial charge in [-0.2, -0.15) is 4.98 Å². The Kier molecular flexibility index (Phi) is 5.68. The molecule has 0 aliphatic heterocycles. The highest BCUT2D eigenvalue weighted by molar-refractivity contribution is 5.73. The standard InChI is InChI=1S/C19H20N4O3/c1-3-13(2)14-7-4-5-8-15(14)25-17(24)10-9-16-22-19(23-26-16)18-20-11-6-12-21-18/h4-8,11-13H,3,9-10H2,1-2H3. The fraction of sp³-hybridized carbons (Fsp3) is 0.316. The van der Waals surface area contributed by atoms with E-state index in [-0.39, 0.29) is 12.4 Å². The smallest absolute Gasteiger partial charge is 0.311 e. The number of hydrogen-bond acceptors (Lipinski definition) is 7. The van der Waals surface area contributed by atoms with E-state index in [0.717, 1.165) is 12.0 Å². The topological polar surface area (TPSA) is 91.0 Å². The summed E-state index contributed by atoms with van der Waals surface area (Å²) < 4.78 is 10.7. The number of rotatable bonds is 7. The van der Waals surface area contributed by atoms with Crippen LogP contribution in [0.25, 0.3) is 11.6 Å². The lowest BCUT2D eigenvalue weighted by atomic mass is 9.98. The molecule has 7 heteroatoms.